The topological polar surface area (TPSA) is 80.6 Å². The fourth-order valence-corrected chi connectivity index (χ4v) is 2.22. The average Bonchev–Trinajstić information content (AvgIpc) is 3.10. The van der Waals surface area contributed by atoms with Crippen LogP contribution in [-0.4, -0.2) is 25.0 Å². The van der Waals surface area contributed by atoms with Gasteiger partial charge in [-0.1, -0.05) is 19.9 Å². The maximum atomic E-state index is 12.4. The van der Waals surface area contributed by atoms with E-state index in [0.29, 0.717) is 17.1 Å². The molecule has 0 aliphatic carbocycles. The van der Waals surface area contributed by atoms with Crippen molar-refractivity contribution in [1.82, 2.24) is 10.6 Å². The molecule has 1 heterocycles. The number of carbonyl (C=O) groups excluding carboxylic acids is 2. The summed E-state index contributed by atoms with van der Waals surface area (Å²) in [7, 11) is 1.54. The van der Waals surface area contributed by atoms with E-state index in [-0.39, 0.29) is 24.3 Å². The van der Waals surface area contributed by atoms with Crippen molar-refractivity contribution in [2.45, 2.75) is 26.4 Å². The minimum absolute atomic E-state index is 0.0591. The van der Waals surface area contributed by atoms with Crippen molar-refractivity contribution in [1.29, 1.82) is 0 Å². The van der Waals surface area contributed by atoms with Gasteiger partial charge in [0.1, 0.15) is 17.6 Å². The zero-order valence-electron chi connectivity index (χ0n) is 14.0. The Hall–Kier alpha value is -2.76. The summed E-state index contributed by atoms with van der Waals surface area (Å²) >= 11 is 0. The number of furan rings is 1. The molecular formula is C18H22N2O4. The highest BCUT2D eigenvalue weighted by atomic mass is 16.5. The van der Waals surface area contributed by atoms with Crippen molar-refractivity contribution in [2.24, 2.45) is 5.92 Å². The van der Waals surface area contributed by atoms with Crippen LogP contribution in [0.4, 0.5) is 0 Å². The van der Waals surface area contributed by atoms with Gasteiger partial charge in [-0.2, -0.15) is 0 Å². The van der Waals surface area contributed by atoms with E-state index in [0.717, 1.165) is 0 Å². The van der Waals surface area contributed by atoms with E-state index in [9.17, 15) is 9.59 Å². The minimum atomic E-state index is -0.640. The summed E-state index contributed by atoms with van der Waals surface area (Å²) < 4.78 is 10.3. The normalized spacial score (nSPS) is 11.8. The van der Waals surface area contributed by atoms with Crippen LogP contribution in [0, 0.1) is 5.92 Å². The third-order valence-electron chi connectivity index (χ3n) is 3.58. The lowest BCUT2D eigenvalue weighted by Gasteiger charge is -2.21. The summed E-state index contributed by atoms with van der Waals surface area (Å²) in [6, 6.07) is 9.69. The molecule has 0 aliphatic rings. The van der Waals surface area contributed by atoms with E-state index in [1.165, 1.54) is 7.11 Å². The van der Waals surface area contributed by atoms with Gasteiger partial charge >= 0.3 is 0 Å². The molecule has 6 nitrogen and oxygen atoms in total. The Kier molecular flexibility index (Phi) is 6.01. The number of hydrogen-bond acceptors (Lipinski definition) is 4. The van der Waals surface area contributed by atoms with E-state index in [2.05, 4.69) is 10.6 Å². The zero-order valence-corrected chi connectivity index (χ0v) is 14.0. The first-order chi connectivity index (χ1) is 11.5. The van der Waals surface area contributed by atoms with E-state index < -0.39 is 6.04 Å². The average molecular weight is 330 g/mol. The highest BCUT2D eigenvalue weighted by Crippen LogP contribution is 2.13. The predicted octanol–water partition coefficient (Wildman–Crippen LogP) is 2.36. The van der Waals surface area contributed by atoms with Crippen LogP contribution in [0.5, 0.6) is 5.75 Å². The van der Waals surface area contributed by atoms with Crippen molar-refractivity contribution >= 4 is 11.8 Å². The molecular weight excluding hydrogens is 308 g/mol. The number of carbonyl (C=O) groups is 2. The van der Waals surface area contributed by atoms with Crippen molar-refractivity contribution in [3.63, 3.8) is 0 Å². The van der Waals surface area contributed by atoms with Gasteiger partial charge < -0.3 is 19.8 Å². The summed E-state index contributed by atoms with van der Waals surface area (Å²) in [5, 5.41) is 5.55. The van der Waals surface area contributed by atoms with Crippen molar-refractivity contribution < 1.29 is 18.7 Å². The zero-order chi connectivity index (χ0) is 17.5. The molecule has 0 bridgehead atoms. The smallest absolute Gasteiger partial charge is 0.252 e. The highest BCUT2D eigenvalue weighted by molar-refractivity contribution is 5.97. The van der Waals surface area contributed by atoms with Gasteiger partial charge in [-0.15, -0.1) is 0 Å². The van der Waals surface area contributed by atoms with Gasteiger partial charge in [0.05, 0.1) is 19.9 Å². The van der Waals surface area contributed by atoms with E-state index in [4.69, 9.17) is 9.15 Å². The first-order valence-corrected chi connectivity index (χ1v) is 7.76. The molecule has 24 heavy (non-hydrogen) atoms. The number of methoxy groups -OCH3 is 1. The molecule has 0 fully saturated rings. The molecule has 0 saturated heterocycles. The van der Waals surface area contributed by atoms with Crippen LogP contribution in [0.2, 0.25) is 0 Å². The number of amides is 2. The number of hydrogen-bond donors (Lipinski definition) is 2. The molecule has 2 N–H and O–H groups in total. The van der Waals surface area contributed by atoms with E-state index >= 15 is 0 Å². The molecule has 128 valence electrons. The number of benzene rings is 1. The van der Waals surface area contributed by atoms with Crippen LogP contribution < -0.4 is 15.4 Å². The molecule has 2 amide bonds. The van der Waals surface area contributed by atoms with Gasteiger partial charge in [0.2, 0.25) is 5.91 Å². The summed E-state index contributed by atoms with van der Waals surface area (Å²) in [5.41, 5.74) is 0.443. The number of rotatable bonds is 7. The Balaban J connectivity index is 2.01. The Morgan fingerprint density at radius 3 is 2.62 bits per heavy atom. The number of nitrogens with one attached hydrogen (secondary N) is 2. The molecule has 1 atom stereocenters. The van der Waals surface area contributed by atoms with Gasteiger partial charge in [-0.3, -0.25) is 9.59 Å². The summed E-state index contributed by atoms with van der Waals surface area (Å²) in [6.07, 6.45) is 1.55. The summed E-state index contributed by atoms with van der Waals surface area (Å²) in [4.78, 5) is 24.8. The standard InChI is InChI=1S/C18H22N2O4/c1-12(2)16(18(22)19-11-15-8-5-9-24-15)20-17(21)13-6-4-7-14(10-13)23-3/h4-10,12,16H,11H2,1-3H3,(H,19,22)(H,20,21)/t16-/m0/s1. The molecule has 1 aromatic carbocycles. The monoisotopic (exact) mass is 330 g/mol. The van der Waals surface area contributed by atoms with Gasteiger partial charge in [-0.05, 0) is 36.2 Å². The maximum Gasteiger partial charge on any atom is 0.252 e. The van der Waals surface area contributed by atoms with Crippen molar-refractivity contribution in [3.05, 3.63) is 54.0 Å². The Morgan fingerprint density at radius 2 is 2.00 bits per heavy atom. The lowest BCUT2D eigenvalue weighted by molar-refractivity contribution is -0.124. The van der Waals surface area contributed by atoms with Gasteiger partial charge in [0.25, 0.3) is 5.91 Å². The van der Waals surface area contributed by atoms with Crippen molar-refractivity contribution in [3.8, 4) is 5.75 Å². The highest BCUT2D eigenvalue weighted by Gasteiger charge is 2.24. The molecule has 6 heteroatoms. The van der Waals surface area contributed by atoms with Crippen LogP contribution in [0.15, 0.2) is 47.1 Å². The molecule has 0 spiro atoms. The lowest BCUT2D eigenvalue weighted by Crippen LogP contribution is -2.49. The quantitative estimate of drug-likeness (QED) is 0.817. The third kappa shape index (κ3) is 4.62. The molecule has 0 aliphatic heterocycles. The molecule has 0 radical (unpaired) electrons. The van der Waals surface area contributed by atoms with Crippen LogP contribution >= 0.6 is 0 Å². The first-order valence-electron chi connectivity index (χ1n) is 7.76. The lowest BCUT2D eigenvalue weighted by atomic mass is 10.0. The van der Waals surface area contributed by atoms with E-state index in [1.807, 2.05) is 13.8 Å². The predicted molar refractivity (Wildman–Crippen MR) is 89.6 cm³/mol. The van der Waals surface area contributed by atoms with E-state index in [1.54, 1.807) is 42.7 Å². The first kappa shape index (κ1) is 17.6. The Morgan fingerprint density at radius 1 is 1.21 bits per heavy atom. The van der Waals surface area contributed by atoms with Gasteiger partial charge in [-0.25, -0.2) is 0 Å². The summed E-state index contributed by atoms with van der Waals surface area (Å²) in [5.74, 6) is 0.616. The molecule has 1 aromatic heterocycles. The third-order valence-corrected chi connectivity index (χ3v) is 3.58. The SMILES string of the molecule is COc1cccc(C(=O)N[C@H](C(=O)NCc2ccco2)C(C)C)c1. The van der Waals surface area contributed by atoms with Crippen molar-refractivity contribution in [2.75, 3.05) is 7.11 Å². The Bertz CT molecular complexity index is 680. The second kappa shape index (κ2) is 8.19. The van der Waals surface area contributed by atoms with Crippen LogP contribution in [0.3, 0.4) is 0 Å². The maximum absolute atomic E-state index is 12.4. The molecule has 0 unspecified atom stereocenters. The molecule has 0 saturated carbocycles. The molecule has 2 aromatic rings. The van der Waals surface area contributed by atoms with Gasteiger partial charge in [0, 0.05) is 5.56 Å². The van der Waals surface area contributed by atoms with Crippen LogP contribution in [0.25, 0.3) is 0 Å². The number of ether oxygens (including phenoxy) is 1. The Labute approximate surface area is 141 Å². The summed E-state index contributed by atoms with van der Waals surface area (Å²) in [6.45, 7) is 4.04. The molecule has 2 rings (SSSR count). The second-order valence-electron chi connectivity index (χ2n) is 5.72. The second-order valence-corrected chi connectivity index (χ2v) is 5.72. The fourth-order valence-electron chi connectivity index (χ4n) is 2.22. The van der Waals surface area contributed by atoms with Crippen LogP contribution in [0.1, 0.15) is 30.0 Å². The van der Waals surface area contributed by atoms with Gasteiger partial charge in [0.15, 0.2) is 0 Å². The fraction of sp³-hybridized carbons (Fsp3) is 0.333. The van der Waals surface area contributed by atoms with Crippen LogP contribution in [-0.2, 0) is 11.3 Å². The largest absolute Gasteiger partial charge is 0.497 e. The minimum Gasteiger partial charge on any atom is -0.497 e.